The van der Waals surface area contributed by atoms with E-state index in [1.165, 1.54) is 0 Å². The molecule has 4 nitrogen and oxygen atoms in total. The van der Waals surface area contributed by atoms with Gasteiger partial charge in [-0.15, -0.1) is 0 Å². The lowest BCUT2D eigenvalue weighted by Gasteiger charge is -2.36. The summed E-state index contributed by atoms with van der Waals surface area (Å²) in [5.74, 6) is 0.931. The number of thiocarbonyl (C=S) groups is 1. The molecule has 18 heavy (non-hydrogen) atoms. The molecule has 1 aliphatic rings. The van der Waals surface area contributed by atoms with Gasteiger partial charge in [0.15, 0.2) is 0 Å². The van der Waals surface area contributed by atoms with E-state index in [1.54, 1.807) is 7.11 Å². The molecule has 0 radical (unpaired) electrons. The molecule has 2 N–H and O–H groups in total. The highest BCUT2D eigenvalue weighted by molar-refractivity contribution is 7.80. The van der Waals surface area contributed by atoms with Crippen molar-refractivity contribution in [2.24, 2.45) is 5.73 Å². The van der Waals surface area contributed by atoms with Crippen LogP contribution in [0.5, 0.6) is 5.75 Å². The Kier molecular flexibility index (Phi) is 4.38. The molecular weight excluding hydrogens is 246 g/mol. The van der Waals surface area contributed by atoms with E-state index in [1.807, 2.05) is 18.2 Å². The van der Waals surface area contributed by atoms with Crippen LogP contribution >= 0.6 is 12.2 Å². The minimum Gasteiger partial charge on any atom is -0.495 e. The molecule has 1 aromatic carbocycles. The van der Waals surface area contributed by atoms with E-state index in [0.717, 1.165) is 44.2 Å². The predicted octanol–water partition coefficient (Wildman–Crippen LogP) is 1.10. The lowest BCUT2D eigenvalue weighted by Crippen LogP contribution is -2.48. The zero-order valence-electron chi connectivity index (χ0n) is 10.6. The van der Waals surface area contributed by atoms with Crippen LogP contribution in [-0.2, 0) is 0 Å². The maximum Gasteiger partial charge on any atom is 0.142 e. The van der Waals surface area contributed by atoms with E-state index in [2.05, 4.69) is 15.9 Å². The Labute approximate surface area is 113 Å². The van der Waals surface area contributed by atoms with Crippen LogP contribution in [0, 0.1) is 0 Å². The smallest absolute Gasteiger partial charge is 0.142 e. The second-order valence-corrected chi connectivity index (χ2v) is 4.93. The Bertz CT molecular complexity index is 416. The number of benzene rings is 1. The summed E-state index contributed by atoms with van der Waals surface area (Å²) >= 11 is 4.94. The first-order valence-electron chi connectivity index (χ1n) is 6.09. The maximum atomic E-state index is 5.57. The highest BCUT2D eigenvalue weighted by atomic mass is 32.1. The van der Waals surface area contributed by atoms with Crippen LogP contribution in [0.15, 0.2) is 24.3 Å². The second-order valence-electron chi connectivity index (χ2n) is 4.40. The van der Waals surface area contributed by atoms with Gasteiger partial charge in [-0.25, -0.2) is 0 Å². The lowest BCUT2D eigenvalue weighted by atomic mass is 10.2. The van der Waals surface area contributed by atoms with Gasteiger partial charge in [-0.2, -0.15) is 0 Å². The largest absolute Gasteiger partial charge is 0.495 e. The summed E-state index contributed by atoms with van der Waals surface area (Å²) < 4.78 is 5.39. The highest BCUT2D eigenvalue weighted by Gasteiger charge is 2.19. The average molecular weight is 265 g/mol. The van der Waals surface area contributed by atoms with Crippen molar-refractivity contribution in [1.29, 1.82) is 0 Å². The highest BCUT2D eigenvalue weighted by Crippen LogP contribution is 2.28. The fourth-order valence-corrected chi connectivity index (χ4v) is 2.44. The standard InChI is InChI=1S/C13H19N3OS/c1-17-12-5-3-2-4-11(12)16-8-6-15(7-9-16)10-13(14)18/h2-5H,6-10H2,1H3,(H2,14,18). The number of ether oxygens (including phenoxy) is 1. The first-order chi connectivity index (χ1) is 8.70. The van der Waals surface area contributed by atoms with E-state index in [4.69, 9.17) is 22.7 Å². The van der Waals surface area contributed by atoms with E-state index in [9.17, 15) is 0 Å². The molecule has 0 aliphatic carbocycles. The number of para-hydroxylation sites is 2. The summed E-state index contributed by atoms with van der Waals surface area (Å²) in [6.45, 7) is 4.63. The van der Waals surface area contributed by atoms with Crippen molar-refractivity contribution < 1.29 is 4.74 Å². The molecule has 98 valence electrons. The van der Waals surface area contributed by atoms with Crippen molar-refractivity contribution in [3.05, 3.63) is 24.3 Å². The molecule has 0 bridgehead atoms. The topological polar surface area (TPSA) is 41.7 Å². The van der Waals surface area contributed by atoms with Gasteiger partial charge >= 0.3 is 0 Å². The molecule has 2 rings (SSSR count). The lowest BCUT2D eigenvalue weighted by molar-refractivity contribution is 0.291. The fourth-order valence-electron chi connectivity index (χ4n) is 2.26. The number of hydrogen-bond donors (Lipinski definition) is 1. The molecule has 1 aromatic rings. The van der Waals surface area contributed by atoms with E-state index in [0.29, 0.717) is 4.99 Å². The molecule has 1 heterocycles. The van der Waals surface area contributed by atoms with Crippen LogP contribution < -0.4 is 15.4 Å². The number of nitrogens with zero attached hydrogens (tertiary/aromatic N) is 2. The minimum atomic E-state index is 0.570. The van der Waals surface area contributed by atoms with Crippen molar-refractivity contribution in [1.82, 2.24) is 4.90 Å². The first-order valence-corrected chi connectivity index (χ1v) is 6.50. The van der Waals surface area contributed by atoms with Gasteiger partial charge < -0.3 is 15.4 Å². The van der Waals surface area contributed by atoms with Crippen LogP contribution in [0.1, 0.15) is 0 Å². The Morgan fingerprint density at radius 2 is 1.94 bits per heavy atom. The van der Waals surface area contributed by atoms with Crippen LogP contribution in [0.25, 0.3) is 0 Å². The molecule has 0 spiro atoms. The molecule has 0 amide bonds. The summed E-state index contributed by atoms with van der Waals surface area (Å²) in [4.78, 5) is 5.20. The van der Waals surface area contributed by atoms with Gasteiger partial charge in [0.05, 0.1) is 17.8 Å². The minimum absolute atomic E-state index is 0.570. The van der Waals surface area contributed by atoms with Gasteiger partial charge in [-0.1, -0.05) is 24.4 Å². The molecule has 1 saturated heterocycles. The second kappa shape index (κ2) is 6.02. The Hall–Kier alpha value is -1.33. The van der Waals surface area contributed by atoms with Gasteiger partial charge in [0.25, 0.3) is 0 Å². The van der Waals surface area contributed by atoms with Gasteiger partial charge in [0, 0.05) is 32.7 Å². The normalized spacial score (nSPS) is 16.6. The van der Waals surface area contributed by atoms with Crippen molar-refractivity contribution in [2.45, 2.75) is 0 Å². The number of methoxy groups -OCH3 is 1. The first kappa shape index (κ1) is 13.1. The van der Waals surface area contributed by atoms with Crippen molar-refractivity contribution in [2.75, 3.05) is 44.7 Å². The molecule has 0 atom stereocenters. The molecule has 0 unspecified atom stereocenters. The molecular formula is C13H19N3OS. The average Bonchev–Trinajstić information content (AvgIpc) is 2.39. The van der Waals surface area contributed by atoms with Crippen LogP contribution in [0.4, 0.5) is 5.69 Å². The number of anilines is 1. The summed E-state index contributed by atoms with van der Waals surface area (Å²) in [6.07, 6.45) is 0. The van der Waals surface area contributed by atoms with Crippen LogP contribution in [0.2, 0.25) is 0 Å². The predicted molar refractivity (Wildman–Crippen MR) is 78.4 cm³/mol. The SMILES string of the molecule is COc1ccccc1N1CCN(CC(N)=S)CC1. The number of piperazine rings is 1. The molecule has 0 aromatic heterocycles. The van der Waals surface area contributed by atoms with E-state index >= 15 is 0 Å². The van der Waals surface area contributed by atoms with Crippen LogP contribution in [0.3, 0.4) is 0 Å². The number of rotatable bonds is 4. The van der Waals surface area contributed by atoms with Gasteiger partial charge in [0.2, 0.25) is 0 Å². The van der Waals surface area contributed by atoms with Gasteiger partial charge in [0.1, 0.15) is 5.75 Å². The van der Waals surface area contributed by atoms with Crippen LogP contribution in [-0.4, -0.2) is 49.7 Å². The monoisotopic (exact) mass is 265 g/mol. The summed E-state index contributed by atoms with van der Waals surface area (Å²) in [5.41, 5.74) is 6.73. The Balaban J connectivity index is 1.99. The summed E-state index contributed by atoms with van der Waals surface area (Å²) in [5, 5.41) is 0. The van der Waals surface area contributed by atoms with Crippen molar-refractivity contribution >= 4 is 22.9 Å². The third-order valence-corrected chi connectivity index (χ3v) is 3.31. The van der Waals surface area contributed by atoms with Gasteiger partial charge in [-0.3, -0.25) is 4.90 Å². The number of hydrogen-bond acceptors (Lipinski definition) is 4. The zero-order chi connectivity index (χ0) is 13.0. The summed E-state index contributed by atoms with van der Waals surface area (Å²) in [7, 11) is 1.71. The number of nitrogens with two attached hydrogens (primary N) is 1. The quantitative estimate of drug-likeness (QED) is 0.826. The Morgan fingerprint density at radius 1 is 1.28 bits per heavy atom. The fraction of sp³-hybridized carbons (Fsp3) is 0.462. The zero-order valence-corrected chi connectivity index (χ0v) is 11.4. The van der Waals surface area contributed by atoms with Gasteiger partial charge in [-0.05, 0) is 12.1 Å². The molecule has 5 heteroatoms. The van der Waals surface area contributed by atoms with E-state index < -0.39 is 0 Å². The van der Waals surface area contributed by atoms with Crippen molar-refractivity contribution in [3.8, 4) is 5.75 Å². The third-order valence-electron chi connectivity index (χ3n) is 3.18. The molecule has 1 aliphatic heterocycles. The molecule has 0 saturated carbocycles. The molecule has 1 fully saturated rings. The van der Waals surface area contributed by atoms with E-state index in [-0.39, 0.29) is 0 Å². The van der Waals surface area contributed by atoms with Crippen molar-refractivity contribution in [3.63, 3.8) is 0 Å². The maximum absolute atomic E-state index is 5.57. The Morgan fingerprint density at radius 3 is 2.56 bits per heavy atom. The summed E-state index contributed by atoms with van der Waals surface area (Å²) in [6, 6.07) is 8.13. The third kappa shape index (κ3) is 3.11.